The number of hydrogen-bond donors (Lipinski definition) is 1. The molecule has 0 aliphatic carbocycles. The SMILES string of the molecule is Cc1cccc2cc(CN3CCc4nc(-c5ccc(C(F)(F)F)cc5)[nH]c(=O)c4C3)c(Cl)nc12. The fraction of sp³-hybridized carbons (Fsp3) is 0.240. The Bertz CT molecular complexity index is 1450. The first-order valence-electron chi connectivity index (χ1n) is 10.8. The zero-order chi connectivity index (χ0) is 24.0. The molecule has 3 heterocycles. The Balaban J connectivity index is 1.38. The summed E-state index contributed by atoms with van der Waals surface area (Å²) in [6.07, 6.45) is -3.87. The van der Waals surface area contributed by atoms with Gasteiger partial charge in [-0.3, -0.25) is 9.69 Å². The highest BCUT2D eigenvalue weighted by Gasteiger charge is 2.30. The zero-order valence-corrected chi connectivity index (χ0v) is 19.0. The summed E-state index contributed by atoms with van der Waals surface area (Å²) in [5.74, 6) is 0.267. The number of aromatic amines is 1. The van der Waals surface area contributed by atoms with E-state index in [4.69, 9.17) is 11.6 Å². The maximum absolute atomic E-state index is 12.8. The van der Waals surface area contributed by atoms with Crippen molar-refractivity contribution in [1.82, 2.24) is 19.9 Å². The topological polar surface area (TPSA) is 61.9 Å². The van der Waals surface area contributed by atoms with Crippen LogP contribution < -0.4 is 5.56 Å². The van der Waals surface area contributed by atoms with Gasteiger partial charge in [0.2, 0.25) is 0 Å². The largest absolute Gasteiger partial charge is 0.416 e. The number of hydrogen-bond acceptors (Lipinski definition) is 4. The van der Waals surface area contributed by atoms with Crippen LogP contribution in [0, 0.1) is 6.92 Å². The summed E-state index contributed by atoms with van der Waals surface area (Å²) in [4.78, 5) is 26.8. The van der Waals surface area contributed by atoms with Gasteiger partial charge in [0.25, 0.3) is 5.56 Å². The van der Waals surface area contributed by atoms with Crippen molar-refractivity contribution in [2.45, 2.75) is 32.6 Å². The highest BCUT2D eigenvalue weighted by molar-refractivity contribution is 6.30. The molecule has 0 bridgehead atoms. The van der Waals surface area contributed by atoms with Gasteiger partial charge in [-0.2, -0.15) is 13.2 Å². The van der Waals surface area contributed by atoms with Crippen molar-refractivity contribution < 1.29 is 13.2 Å². The first-order valence-corrected chi connectivity index (χ1v) is 11.1. The van der Waals surface area contributed by atoms with Crippen LogP contribution in [0.3, 0.4) is 0 Å². The minimum Gasteiger partial charge on any atom is -0.306 e. The standard InChI is InChI=1S/C25H20ClF3N4O/c1-14-3-2-4-16-11-17(22(26)31-21(14)16)12-33-10-9-20-19(13-33)24(34)32-23(30-20)15-5-7-18(8-6-15)25(27,28)29/h2-8,11H,9-10,12-13H2,1H3,(H,30,32,34). The minimum atomic E-state index is -4.42. The van der Waals surface area contributed by atoms with Crippen LogP contribution in [0.5, 0.6) is 0 Å². The third-order valence-corrected chi connectivity index (χ3v) is 6.43. The van der Waals surface area contributed by atoms with E-state index in [0.717, 1.165) is 34.2 Å². The Morgan fingerprint density at radius 3 is 2.62 bits per heavy atom. The summed E-state index contributed by atoms with van der Waals surface area (Å²) in [6.45, 7) is 3.59. The Morgan fingerprint density at radius 2 is 1.88 bits per heavy atom. The lowest BCUT2D eigenvalue weighted by Gasteiger charge is -2.28. The number of para-hydroxylation sites is 1. The minimum absolute atomic E-state index is 0.267. The van der Waals surface area contributed by atoms with E-state index in [0.29, 0.717) is 48.0 Å². The summed E-state index contributed by atoms with van der Waals surface area (Å²) in [6, 6.07) is 12.6. The smallest absolute Gasteiger partial charge is 0.306 e. The predicted octanol–water partition coefficient (Wildman–Crippen LogP) is 5.52. The molecule has 0 saturated carbocycles. The number of alkyl halides is 3. The zero-order valence-electron chi connectivity index (χ0n) is 18.2. The summed E-state index contributed by atoms with van der Waals surface area (Å²) in [5, 5.41) is 1.45. The molecule has 0 radical (unpaired) electrons. The highest BCUT2D eigenvalue weighted by Crippen LogP contribution is 2.31. The molecule has 1 aliphatic rings. The maximum Gasteiger partial charge on any atom is 0.416 e. The molecule has 0 spiro atoms. The summed E-state index contributed by atoms with van der Waals surface area (Å²) < 4.78 is 38.5. The molecule has 0 unspecified atom stereocenters. The van der Waals surface area contributed by atoms with Gasteiger partial charge >= 0.3 is 6.18 Å². The van der Waals surface area contributed by atoms with Crippen molar-refractivity contribution in [2.75, 3.05) is 6.54 Å². The third kappa shape index (κ3) is 4.31. The average molecular weight is 485 g/mol. The third-order valence-electron chi connectivity index (χ3n) is 6.10. The molecule has 9 heteroatoms. The average Bonchev–Trinajstić information content (AvgIpc) is 2.80. The number of benzene rings is 2. The van der Waals surface area contributed by atoms with Crippen LogP contribution in [0.1, 0.15) is 27.9 Å². The van der Waals surface area contributed by atoms with Crippen molar-refractivity contribution >= 4 is 22.5 Å². The number of nitrogens with zero attached hydrogens (tertiary/aromatic N) is 3. The second-order valence-electron chi connectivity index (χ2n) is 8.46. The number of halogens is 4. The molecule has 0 amide bonds. The first-order chi connectivity index (χ1) is 16.2. The van der Waals surface area contributed by atoms with Crippen LogP contribution in [-0.4, -0.2) is 26.4 Å². The molecular weight excluding hydrogens is 465 g/mol. The fourth-order valence-corrected chi connectivity index (χ4v) is 4.49. The quantitative estimate of drug-likeness (QED) is 0.389. The van der Waals surface area contributed by atoms with Gasteiger partial charge in [0.15, 0.2) is 0 Å². The number of aromatic nitrogens is 3. The monoisotopic (exact) mass is 484 g/mol. The molecule has 0 atom stereocenters. The molecule has 1 N–H and O–H groups in total. The van der Waals surface area contributed by atoms with Gasteiger partial charge in [-0.1, -0.05) is 41.9 Å². The van der Waals surface area contributed by atoms with E-state index in [-0.39, 0.29) is 11.4 Å². The number of nitrogens with one attached hydrogen (secondary N) is 1. The molecule has 174 valence electrons. The fourth-order valence-electron chi connectivity index (χ4n) is 4.29. The Labute approximate surface area is 198 Å². The Morgan fingerprint density at radius 1 is 1.12 bits per heavy atom. The van der Waals surface area contributed by atoms with Gasteiger partial charge < -0.3 is 4.98 Å². The van der Waals surface area contributed by atoms with Crippen molar-refractivity contribution in [3.8, 4) is 11.4 Å². The molecule has 4 aromatic rings. The van der Waals surface area contributed by atoms with Crippen molar-refractivity contribution in [1.29, 1.82) is 0 Å². The molecular formula is C25H20ClF3N4O. The number of H-pyrrole nitrogens is 1. The number of aryl methyl sites for hydroxylation is 1. The van der Waals surface area contributed by atoms with Gasteiger partial charge in [-0.25, -0.2) is 9.97 Å². The molecule has 1 aliphatic heterocycles. The Hall–Kier alpha value is -3.23. The summed E-state index contributed by atoms with van der Waals surface area (Å²) in [7, 11) is 0. The van der Waals surface area contributed by atoms with E-state index < -0.39 is 11.7 Å². The molecule has 0 saturated heterocycles. The number of fused-ring (bicyclic) bond motifs is 2. The highest BCUT2D eigenvalue weighted by atomic mass is 35.5. The van der Waals surface area contributed by atoms with Crippen LogP contribution in [-0.2, 0) is 25.7 Å². The van der Waals surface area contributed by atoms with E-state index in [2.05, 4.69) is 19.9 Å². The molecule has 2 aromatic carbocycles. The van der Waals surface area contributed by atoms with Gasteiger partial charge in [-0.05, 0) is 30.7 Å². The lowest BCUT2D eigenvalue weighted by molar-refractivity contribution is -0.137. The number of rotatable bonds is 3. The predicted molar refractivity (Wildman–Crippen MR) is 125 cm³/mol. The first kappa shape index (κ1) is 22.6. The van der Waals surface area contributed by atoms with Gasteiger partial charge in [0.05, 0.1) is 22.3 Å². The van der Waals surface area contributed by atoms with Gasteiger partial charge in [0, 0.05) is 42.6 Å². The second kappa shape index (κ2) is 8.52. The van der Waals surface area contributed by atoms with Crippen molar-refractivity contribution in [3.05, 3.63) is 92.0 Å². The van der Waals surface area contributed by atoms with E-state index in [9.17, 15) is 18.0 Å². The van der Waals surface area contributed by atoms with E-state index in [1.54, 1.807) is 0 Å². The summed E-state index contributed by atoms with van der Waals surface area (Å²) >= 11 is 6.47. The molecule has 2 aromatic heterocycles. The van der Waals surface area contributed by atoms with Crippen LogP contribution >= 0.6 is 11.6 Å². The number of pyridine rings is 1. The van der Waals surface area contributed by atoms with Gasteiger partial charge in [-0.15, -0.1) is 0 Å². The van der Waals surface area contributed by atoms with Crippen LogP contribution in [0.15, 0.2) is 53.3 Å². The second-order valence-corrected chi connectivity index (χ2v) is 8.82. The normalized spacial score (nSPS) is 14.4. The van der Waals surface area contributed by atoms with Crippen LogP contribution in [0.4, 0.5) is 13.2 Å². The molecule has 34 heavy (non-hydrogen) atoms. The lowest BCUT2D eigenvalue weighted by Crippen LogP contribution is -2.35. The van der Waals surface area contributed by atoms with Gasteiger partial charge in [0.1, 0.15) is 11.0 Å². The molecule has 5 nitrogen and oxygen atoms in total. The summed E-state index contributed by atoms with van der Waals surface area (Å²) in [5.41, 5.74) is 3.42. The van der Waals surface area contributed by atoms with Crippen molar-refractivity contribution in [3.63, 3.8) is 0 Å². The van der Waals surface area contributed by atoms with Crippen molar-refractivity contribution in [2.24, 2.45) is 0 Å². The van der Waals surface area contributed by atoms with E-state index in [1.165, 1.54) is 12.1 Å². The molecule has 0 fully saturated rings. The van der Waals surface area contributed by atoms with E-state index >= 15 is 0 Å². The lowest BCUT2D eigenvalue weighted by atomic mass is 10.0. The van der Waals surface area contributed by atoms with Crippen LogP contribution in [0.25, 0.3) is 22.3 Å². The molecule has 5 rings (SSSR count). The van der Waals surface area contributed by atoms with Crippen LogP contribution in [0.2, 0.25) is 5.15 Å². The maximum atomic E-state index is 12.8. The van der Waals surface area contributed by atoms with E-state index in [1.807, 2.05) is 31.2 Å². The Kier molecular flexibility index (Phi) is 5.65.